The molecule has 2 heterocycles. The molecule has 0 fully saturated rings. The average Bonchev–Trinajstić information content (AvgIpc) is 2.93. The van der Waals surface area contributed by atoms with E-state index in [1.165, 1.54) is 11.3 Å². The Labute approximate surface area is 101 Å². The van der Waals surface area contributed by atoms with Gasteiger partial charge in [0.25, 0.3) is 11.8 Å². The lowest BCUT2D eigenvalue weighted by atomic mass is 10.5. The molecule has 0 aliphatic rings. The largest absolute Gasteiger partial charge is 0.347 e. The van der Waals surface area contributed by atoms with Crippen molar-refractivity contribution >= 4 is 17.2 Å². The number of hydrogen-bond acceptors (Lipinski definition) is 6. The molecule has 0 saturated heterocycles. The quantitative estimate of drug-likeness (QED) is 0.830. The zero-order valence-corrected chi connectivity index (χ0v) is 9.95. The zero-order valence-electron chi connectivity index (χ0n) is 9.14. The molecule has 0 saturated carbocycles. The minimum absolute atomic E-state index is 0.239. The summed E-state index contributed by atoms with van der Waals surface area (Å²) in [6, 6.07) is 0. The van der Waals surface area contributed by atoms with Crippen molar-refractivity contribution in [3.8, 4) is 11.6 Å². The summed E-state index contributed by atoms with van der Waals surface area (Å²) in [7, 11) is 0. The highest BCUT2D eigenvalue weighted by atomic mass is 32.1. The summed E-state index contributed by atoms with van der Waals surface area (Å²) in [4.78, 5) is 19.7. The maximum Gasteiger partial charge on any atom is 0.280 e. The van der Waals surface area contributed by atoms with Crippen molar-refractivity contribution in [1.29, 1.82) is 0 Å². The number of carbonyl (C=O) groups is 1. The fraction of sp³-hybridized carbons (Fsp3) is 0.200. The van der Waals surface area contributed by atoms with E-state index >= 15 is 0 Å². The van der Waals surface area contributed by atoms with E-state index in [1.54, 1.807) is 18.4 Å². The van der Waals surface area contributed by atoms with E-state index in [0.717, 1.165) is 0 Å². The maximum atomic E-state index is 11.6. The molecule has 0 radical (unpaired) electrons. The van der Waals surface area contributed by atoms with Gasteiger partial charge in [0.05, 0.1) is 0 Å². The Hall–Kier alpha value is -2.02. The van der Waals surface area contributed by atoms with Gasteiger partial charge in [-0.15, -0.1) is 17.9 Å². The molecule has 17 heavy (non-hydrogen) atoms. The minimum Gasteiger partial charge on any atom is -0.347 e. The molecule has 6 nitrogen and oxygen atoms in total. The standard InChI is InChI=1S/C10H10N4O2S/c1-3-4-11-8(15)10-13-7(5-17-10)9-12-6(2)14-16-9/h3,5H,1,4H2,2H3,(H,11,15). The van der Waals surface area contributed by atoms with Crippen LogP contribution < -0.4 is 5.32 Å². The second-order valence-corrected chi connectivity index (χ2v) is 4.04. The van der Waals surface area contributed by atoms with E-state index in [2.05, 4.69) is 27.0 Å². The molecule has 2 aromatic heterocycles. The van der Waals surface area contributed by atoms with Crippen molar-refractivity contribution in [2.45, 2.75) is 6.92 Å². The van der Waals surface area contributed by atoms with Crippen LogP contribution in [0.15, 0.2) is 22.6 Å². The van der Waals surface area contributed by atoms with Crippen LogP contribution >= 0.6 is 11.3 Å². The Balaban J connectivity index is 2.15. The van der Waals surface area contributed by atoms with Crippen LogP contribution in [0, 0.1) is 6.92 Å². The molecular weight excluding hydrogens is 240 g/mol. The predicted octanol–water partition coefficient (Wildman–Crippen LogP) is 1.42. The summed E-state index contributed by atoms with van der Waals surface area (Å²) in [5.74, 6) is 0.615. The maximum absolute atomic E-state index is 11.6. The highest BCUT2D eigenvalue weighted by Gasteiger charge is 2.14. The number of carbonyl (C=O) groups excluding carboxylic acids is 1. The van der Waals surface area contributed by atoms with Gasteiger partial charge in [-0.2, -0.15) is 4.98 Å². The summed E-state index contributed by atoms with van der Waals surface area (Å²) < 4.78 is 4.96. The van der Waals surface area contributed by atoms with Gasteiger partial charge in [-0.1, -0.05) is 11.2 Å². The third-order valence-corrected chi connectivity index (χ3v) is 2.69. The van der Waals surface area contributed by atoms with Gasteiger partial charge in [0.1, 0.15) is 5.69 Å². The van der Waals surface area contributed by atoms with Crippen molar-refractivity contribution in [1.82, 2.24) is 20.4 Å². The van der Waals surface area contributed by atoms with Crippen molar-refractivity contribution in [3.05, 3.63) is 28.9 Å². The molecule has 0 aliphatic carbocycles. The molecular formula is C10H10N4O2S. The Bertz CT molecular complexity index is 546. The molecule has 2 aromatic rings. The van der Waals surface area contributed by atoms with Crippen molar-refractivity contribution in [2.75, 3.05) is 6.54 Å². The van der Waals surface area contributed by atoms with Crippen molar-refractivity contribution in [3.63, 3.8) is 0 Å². The van der Waals surface area contributed by atoms with Gasteiger partial charge in [-0.05, 0) is 6.92 Å². The Morgan fingerprint density at radius 3 is 3.12 bits per heavy atom. The van der Waals surface area contributed by atoms with E-state index in [0.29, 0.717) is 29.0 Å². The number of nitrogens with zero attached hydrogens (tertiary/aromatic N) is 3. The topological polar surface area (TPSA) is 80.9 Å². The van der Waals surface area contributed by atoms with E-state index in [1.807, 2.05) is 0 Å². The number of hydrogen-bond donors (Lipinski definition) is 1. The molecule has 0 aliphatic heterocycles. The van der Waals surface area contributed by atoms with Crippen LogP contribution in [0.1, 0.15) is 15.6 Å². The van der Waals surface area contributed by atoms with Crippen LogP contribution in [-0.2, 0) is 0 Å². The Morgan fingerprint density at radius 1 is 1.65 bits per heavy atom. The van der Waals surface area contributed by atoms with Gasteiger partial charge in [0, 0.05) is 11.9 Å². The zero-order chi connectivity index (χ0) is 12.3. The number of nitrogens with one attached hydrogen (secondary N) is 1. The molecule has 1 amide bonds. The molecule has 0 aromatic carbocycles. The highest BCUT2D eigenvalue weighted by Crippen LogP contribution is 2.19. The van der Waals surface area contributed by atoms with Gasteiger partial charge in [-0.3, -0.25) is 4.79 Å². The SMILES string of the molecule is C=CCNC(=O)c1nc(-c2nc(C)no2)cs1. The second-order valence-electron chi connectivity index (χ2n) is 3.18. The number of thiazole rings is 1. The normalized spacial score (nSPS) is 10.2. The Morgan fingerprint density at radius 2 is 2.47 bits per heavy atom. The highest BCUT2D eigenvalue weighted by molar-refractivity contribution is 7.12. The van der Waals surface area contributed by atoms with Gasteiger partial charge >= 0.3 is 0 Å². The van der Waals surface area contributed by atoms with Crippen LogP contribution in [0.25, 0.3) is 11.6 Å². The first kappa shape index (κ1) is 11.5. The molecule has 2 rings (SSSR count). The molecule has 7 heteroatoms. The first-order chi connectivity index (χ1) is 8.20. The van der Waals surface area contributed by atoms with Gasteiger partial charge in [-0.25, -0.2) is 4.98 Å². The molecule has 88 valence electrons. The monoisotopic (exact) mass is 250 g/mol. The van der Waals surface area contributed by atoms with Crippen LogP contribution in [0.5, 0.6) is 0 Å². The lowest BCUT2D eigenvalue weighted by Crippen LogP contribution is -2.22. The van der Waals surface area contributed by atoms with Crippen LogP contribution in [0.4, 0.5) is 0 Å². The second kappa shape index (κ2) is 4.88. The first-order valence-corrected chi connectivity index (χ1v) is 5.74. The summed E-state index contributed by atoms with van der Waals surface area (Å²) in [6.45, 7) is 5.65. The Kier molecular flexibility index (Phi) is 3.29. The van der Waals surface area contributed by atoms with E-state index in [4.69, 9.17) is 4.52 Å². The average molecular weight is 250 g/mol. The van der Waals surface area contributed by atoms with Crippen molar-refractivity contribution in [2.24, 2.45) is 0 Å². The lowest BCUT2D eigenvalue weighted by molar-refractivity contribution is 0.0957. The minimum atomic E-state index is -0.239. The van der Waals surface area contributed by atoms with E-state index < -0.39 is 0 Å². The van der Waals surface area contributed by atoms with E-state index in [9.17, 15) is 4.79 Å². The van der Waals surface area contributed by atoms with Crippen LogP contribution in [-0.4, -0.2) is 27.6 Å². The number of aryl methyl sites for hydroxylation is 1. The molecule has 0 bridgehead atoms. The van der Waals surface area contributed by atoms with Crippen LogP contribution in [0.2, 0.25) is 0 Å². The number of aromatic nitrogens is 3. The molecule has 0 spiro atoms. The molecule has 0 unspecified atom stereocenters. The third kappa shape index (κ3) is 2.56. The fourth-order valence-corrected chi connectivity index (χ4v) is 1.82. The summed E-state index contributed by atoms with van der Waals surface area (Å²) >= 11 is 1.23. The molecule has 0 atom stereocenters. The van der Waals surface area contributed by atoms with Crippen molar-refractivity contribution < 1.29 is 9.32 Å². The molecule has 1 N–H and O–H groups in total. The van der Waals surface area contributed by atoms with Gasteiger partial charge < -0.3 is 9.84 Å². The third-order valence-electron chi connectivity index (χ3n) is 1.85. The smallest absolute Gasteiger partial charge is 0.280 e. The van der Waals surface area contributed by atoms with Gasteiger partial charge in [0.15, 0.2) is 10.8 Å². The van der Waals surface area contributed by atoms with Gasteiger partial charge in [0.2, 0.25) is 0 Å². The fourth-order valence-electron chi connectivity index (χ4n) is 1.12. The number of amides is 1. The summed E-state index contributed by atoms with van der Waals surface area (Å²) in [5.41, 5.74) is 0.513. The first-order valence-electron chi connectivity index (χ1n) is 4.86. The van der Waals surface area contributed by atoms with Crippen LogP contribution in [0.3, 0.4) is 0 Å². The summed E-state index contributed by atoms with van der Waals surface area (Å²) in [5, 5.41) is 8.37. The van der Waals surface area contributed by atoms with E-state index in [-0.39, 0.29) is 5.91 Å². The lowest BCUT2D eigenvalue weighted by Gasteiger charge is -1.96. The summed E-state index contributed by atoms with van der Waals surface area (Å²) in [6.07, 6.45) is 1.60. The number of rotatable bonds is 4. The predicted molar refractivity (Wildman–Crippen MR) is 62.7 cm³/mol.